The van der Waals surface area contributed by atoms with Crippen LogP contribution in [0.25, 0.3) is 0 Å². The number of unbranched alkanes of at least 4 members (excludes halogenated alkanes) is 1. The predicted molar refractivity (Wildman–Crippen MR) is 90.1 cm³/mol. The van der Waals surface area contributed by atoms with E-state index < -0.39 is 5.92 Å². The van der Waals surface area contributed by atoms with Crippen molar-refractivity contribution in [2.75, 3.05) is 19.6 Å². The Morgan fingerprint density at radius 2 is 2.12 bits per heavy atom. The number of hydrogen-bond donors (Lipinski definition) is 2. The molecule has 1 aliphatic heterocycles. The van der Waals surface area contributed by atoms with E-state index in [1.54, 1.807) is 12.1 Å². The maximum atomic E-state index is 12.6. The minimum Gasteiger partial charge on any atom is -0.507 e. The number of carbonyl (C=O) groups excluding carboxylic acids is 3. The van der Waals surface area contributed by atoms with Crippen molar-refractivity contribution >= 4 is 18.1 Å². The van der Waals surface area contributed by atoms with Gasteiger partial charge in [0.2, 0.25) is 12.3 Å². The lowest BCUT2D eigenvalue weighted by molar-refractivity contribution is -0.155. The van der Waals surface area contributed by atoms with Crippen LogP contribution in [-0.4, -0.2) is 58.0 Å². The SMILES string of the molecule is CCCCC1CN(CC(=O)c2ccccc2O)C(=O)C1CN(O)C=O. The molecular weight excluding hydrogens is 324 g/mol. The number of rotatable bonds is 9. The van der Waals surface area contributed by atoms with Crippen molar-refractivity contribution in [1.82, 2.24) is 9.96 Å². The third kappa shape index (κ3) is 4.57. The number of phenolic OH excluding ortho intramolecular Hbond substituents is 1. The molecule has 136 valence electrons. The number of aromatic hydroxyl groups is 1. The Morgan fingerprint density at radius 3 is 2.76 bits per heavy atom. The summed E-state index contributed by atoms with van der Waals surface area (Å²) in [4.78, 5) is 37.2. The highest BCUT2D eigenvalue weighted by Crippen LogP contribution is 2.30. The van der Waals surface area contributed by atoms with E-state index in [2.05, 4.69) is 6.92 Å². The molecule has 2 N–H and O–H groups in total. The van der Waals surface area contributed by atoms with Gasteiger partial charge in [0, 0.05) is 6.54 Å². The average Bonchev–Trinajstić information content (AvgIpc) is 2.88. The number of carbonyl (C=O) groups is 3. The second-order valence-corrected chi connectivity index (χ2v) is 6.40. The molecule has 1 aliphatic rings. The van der Waals surface area contributed by atoms with Gasteiger partial charge in [-0.05, 0) is 24.5 Å². The Balaban J connectivity index is 2.10. The van der Waals surface area contributed by atoms with Gasteiger partial charge in [-0.2, -0.15) is 0 Å². The number of likely N-dealkylation sites (tertiary alicyclic amines) is 1. The number of benzene rings is 1. The van der Waals surface area contributed by atoms with Crippen molar-refractivity contribution in [1.29, 1.82) is 0 Å². The average molecular weight is 348 g/mol. The normalized spacial score (nSPS) is 19.9. The lowest BCUT2D eigenvalue weighted by atomic mass is 9.90. The fraction of sp³-hybridized carbons (Fsp3) is 0.500. The van der Waals surface area contributed by atoms with Crippen LogP contribution in [-0.2, 0) is 9.59 Å². The van der Waals surface area contributed by atoms with Crippen molar-refractivity contribution in [2.24, 2.45) is 11.8 Å². The first-order valence-corrected chi connectivity index (χ1v) is 8.48. The Bertz CT molecular complexity index is 634. The van der Waals surface area contributed by atoms with Crippen LogP contribution >= 0.6 is 0 Å². The lowest BCUT2D eigenvalue weighted by Crippen LogP contribution is -2.36. The minimum atomic E-state index is -0.515. The molecule has 7 heteroatoms. The first kappa shape index (κ1) is 18.9. The zero-order valence-corrected chi connectivity index (χ0v) is 14.3. The Kier molecular flexibility index (Phi) is 6.52. The van der Waals surface area contributed by atoms with E-state index in [0.29, 0.717) is 11.6 Å². The second kappa shape index (κ2) is 8.62. The van der Waals surface area contributed by atoms with Gasteiger partial charge in [-0.25, -0.2) is 5.06 Å². The van der Waals surface area contributed by atoms with Crippen molar-refractivity contribution in [3.05, 3.63) is 29.8 Å². The van der Waals surface area contributed by atoms with Crippen LogP contribution < -0.4 is 0 Å². The van der Waals surface area contributed by atoms with Crippen LogP contribution in [0.3, 0.4) is 0 Å². The molecule has 1 saturated heterocycles. The summed E-state index contributed by atoms with van der Waals surface area (Å²) in [6, 6.07) is 6.23. The summed E-state index contributed by atoms with van der Waals surface area (Å²) < 4.78 is 0. The van der Waals surface area contributed by atoms with Gasteiger partial charge in [0.15, 0.2) is 5.78 Å². The maximum absolute atomic E-state index is 12.6. The van der Waals surface area contributed by atoms with Gasteiger partial charge in [-0.3, -0.25) is 19.6 Å². The van der Waals surface area contributed by atoms with Gasteiger partial charge in [-0.15, -0.1) is 0 Å². The molecule has 2 amide bonds. The molecule has 25 heavy (non-hydrogen) atoms. The summed E-state index contributed by atoms with van der Waals surface area (Å²) in [5.74, 6) is -1.22. The molecule has 1 aromatic rings. The lowest BCUT2D eigenvalue weighted by Gasteiger charge is -2.19. The Morgan fingerprint density at radius 1 is 1.40 bits per heavy atom. The molecule has 1 aromatic carbocycles. The number of hydroxylamine groups is 2. The van der Waals surface area contributed by atoms with E-state index in [0.717, 1.165) is 19.3 Å². The molecule has 0 bridgehead atoms. The van der Waals surface area contributed by atoms with Crippen LogP contribution in [0.1, 0.15) is 36.5 Å². The van der Waals surface area contributed by atoms with E-state index >= 15 is 0 Å². The zero-order valence-electron chi connectivity index (χ0n) is 14.3. The summed E-state index contributed by atoms with van der Waals surface area (Å²) in [6.45, 7) is 2.27. The number of ketones is 1. The van der Waals surface area contributed by atoms with E-state index in [1.807, 2.05) is 0 Å². The van der Waals surface area contributed by atoms with Gasteiger partial charge >= 0.3 is 0 Å². The monoisotopic (exact) mass is 348 g/mol. The number of phenols is 1. The quantitative estimate of drug-likeness (QED) is 0.306. The van der Waals surface area contributed by atoms with E-state index in [4.69, 9.17) is 0 Å². The largest absolute Gasteiger partial charge is 0.507 e. The molecule has 0 radical (unpaired) electrons. The number of Topliss-reactive ketones (excluding diaryl/α,β-unsaturated/α-hetero) is 1. The van der Waals surface area contributed by atoms with Crippen molar-refractivity contribution in [3.63, 3.8) is 0 Å². The second-order valence-electron chi connectivity index (χ2n) is 6.40. The van der Waals surface area contributed by atoms with Crippen LogP contribution in [0.4, 0.5) is 0 Å². The first-order chi connectivity index (χ1) is 12.0. The van der Waals surface area contributed by atoms with Gasteiger partial charge in [0.1, 0.15) is 5.75 Å². The molecular formula is C18H24N2O5. The number of nitrogens with zero attached hydrogens (tertiary/aromatic N) is 2. The minimum absolute atomic E-state index is 0.0146. The van der Waals surface area contributed by atoms with Gasteiger partial charge in [-0.1, -0.05) is 31.9 Å². The molecule has 1 heterocycles. The van der Waals surface area contributed by atoms with Gasteiger partial charge in [0.25, 0.3) is 0 Å². The van der Waals surface area contributed by atoms with Crippen molar-refractivity contribution < 1.29 is 24.7 Å². The van der Waals surface area contributed by atoms with E-state index in [-0.39, 0.29) is 48.4 Å². The van der Waals surface area contributed by atoms with Crippen LogP contribution in [0.15, 0.2) is 24.3 Å². The fourth-order valence-corrected chi connectivity index (χ4v) is 3.28. The van der Waals surface area contributed by atoms with Gasteiger partial charge < -0.3 is 10.0 Å². The molecule has 1 fully saturated rings. The molecule has 0 aliphatic carbocycles. The number of amides is 2. The number of hydrogen-bond acceptors (Lipinski definition) is 5. The highest BCUT2D eigenvalue weighted by Gasteiger charge is 2.41. The summed E-state index contributed by atoms with van der Waals surface area (Å²) in [5, 5.41) is 19.7. The third-order valence-corrected chi connectivity index (χ3v) is 4.63. The Labute approximate surface area is 146 Å². The molecule has 2 atom stereocenters. The summed E-state index contributed by atoms with van der Waals surface area (Å²) >= 11 is 0. The van der Waals surface area contributed by atoms with E-state index in [1.165, 1.54) is 17.0 Å². The standard InChI is InChI=1S/C18H24N2O5/c1-2-3-6-13-9-19(18(24)15(13)10-20(25)12-21)11-17(23)14-7-4-5-8-16(14)22/h4-5,7-8,12-13,15,22,25H,2-3,6,9-11H2,1H3. The van der Waals surface area contributed by atoms with Crippen molar-refractivity contribution in [3.8, 4) is 5.75 Å². The van der Waals surface area contributed by atoms with Crippen LogP contribution in [0.2, 0.25) is 0 Å². The highest BCUT2D eigenvalue weighted by atomic mass is 16.5. The summed E-state index contributed by atoms with van der Waals surface area (Å²) in [6.07, 6.45) is 2.98. The molecule has 0 saturated carbocycles. The molecule has 0 spiro atoms. The van der Waals surface area contributed by atoms with E-state index in [9.17, 15) is 24.7 Å². The number of para-hydroxylation sites is 1. The molecule has 2 unspecified atom stereocenters. The molecule has 0 aromatic heterocycles. The topological polar surface area (TPSA) is 98.2 Å². The van der Waals surface area contributed by atoms with Crippen LogP contribution in [0, 0.1) is 11.8 Å². The molecule has 7 nitrogen and oxygen atoms in total. The first-order valence-electron chi connectivity index (χ1n) is 8.48. The van der Waals surface area contributed by atoms with Gasteiger partial charge in [0.05, 0.1) is 24.6 Å². The molecule has 2 rings (SSSR count). The highest BCUT2D eigenvalue weighted by molar-refractivity contribution is 6.01. The smallest absolute Gasteiger partial charge is 0.233 e. The Hall–Kier alpha value is -2.41. The van der Waals surface area contributed by atoms with Crippen LogP contribution in [0.5, 0.6) is 5.75 Å². The predicted octanol–water partition coefficient (Wildman–Crippen LogP) is 1.69. The maximum Gasteiger partial charge on any atom is 0.233 e. The summed E-state index contributed by atoms with van der Waals surface area (Å²) in [7, 11) is 0. The third-order valence-electron chi connectivity index (χ3n) is 4.63. The van der Waals surface area contributed by atoms with Crippen molar-refractivity contribution in [2.45, 2.75) is 26.2 Å². The fourth-order valence-electron chi connectivity index (χ4n) is 3.28. The summed E-state index contributed by atoms with van der Waals surface area (Å²) in [5.41, 5.74) is 0.181. The zero-order chi connectivity index (χ0) is 18.4.